The Kier molecular flexibility index (Phi) is 3.31. The van der Waals surface area contributed by atoms with Gasteiger partial charge in [-0.1, -0.05) is 13.0 Å². The van der Waals surface area contributed by atoms with Crippen LogP contribution >= 0.6 is 0 Å². The van der Waals surface area contributed by atoms with Gasteiger partial charge >= 0.3 is 0 Å². The summed E-state index contributed by atoms with van der Waals surface area (Å²) in [5, 5.41) is 0. The van der Waals surface area contributed by atoms with Gasteiger partial charge in [-0.15, -0.1) is 0 Å². The van der Waals surface area contributed by atoms with Crippen LogP contribution in [0.2, 0.25) is 0 Å². The zero-order chi connectivity index (χ0) is 9.68. The molecule has 13 heavy (non-hydrogen) atoms. The third kappa shape index (κ3) is 2.47. The first-order valence-corrected chi connectivity index (χ1v) is 4.19. The highest BCUT2D eigenvalue weighted by Crippen LogP contribution is 2.02. The Balaban J connectivity index is 2.79. The van der Waals surface area contributed by atoms with Crippen molar-refractivity contribution in [3.05, 3.63) is 29.6 Å². The summed E-state index contributed by atoms with van der Waals surface area (Å²) in [6.07, 6.45) is 3.07. The standard InChI is InChI=1S/C10H11NO2/c1-2-8-3-4-9(11-7-8)10(13)5-6-12/h3-4,6-7H,2,5H2,1H3. The minimum absolute atomic E-state index is 0.0848. The van der Waals surface area contributed by atoms with Crippen LogP contribution < -0.4 is 0 Å². The molecule has 0 aromatic carbocycles. The highest BCUT2D eigenvalue weighted by molar-refractivity contribution is 6.01. The first-order chi connectivity index (χ1) is 6.27. The lowest BCUT2D eigenvalue weighted by Gasteiger charge is -1.97. The van der Waals surface area contributed by atoms with E-state index in [0.717, 1.165) is 12.0 Å². The molecule has 68 valence electrons. The summed E-state index contributed by atoms with van der Waals surface area (Å²) in [5.74, 6) is -0.224. The molecule has 0 N–H and O–H groups in total. The van der Waals surface area contributed by atoms with Gasteiger partial charge in [0.1, 0.15) is 12.0 Å². The van der Waals surface area contributed by atoms with E-state index in [1.807, 2.05) is 13.0 Å². The normalized spacial score (nSPS) is 9.62. The number of Topliss-reactive ketones (excluding diaryl/α,β-unsaturated/α-hetero) is 1. The van der Waals surface area contributed by atoms with E-state index < -0.39 is 0 Å². The van der Waals surface area contributed by atoms with E-state index in [0.29, 0.717) is 12.0 Å². The number of aryl methyl sites for hydroxylation is 1. The second-order valence-electron chi connectivity index (χ2n) is 2.70. The number of pyridine rings is 1. The van der Waals surface area contributed by atoms with Crippen LogP contribution in [0.5, 0.6) is 0 Å². The number of hydrogen-bond acceptors (Lipinski definition) is 3. The van der Waals surface area contributed by atoms with Crippen molar-refractivity contribution in [3.63, 3.8) is 0 Å². The summed E-state index contributed by atoms with van der Waals surface area (Å²) >= 11 is 0. The molecule has 1 rings (SSSR count). The zero-order valence-electron chi connectivity index (χ0n) is 7.49. The SMILES string of the molecule is CCc1ccc(C(=O)CC=O)nc1. The first kappa shape index (κ1) is 9.58. The fraction of sp³-hybridized carbons (Fsp3) is 0.300. The third-order valence-electron chi connectivity index (χ3n) is 1.79. The average Bonchev–Trinajstić information content (AvgIpc) is 2.18. The van der Waals surface area contributed by atoms with Gasteiger partial charge in [-0.25, -0.2) is 0 Å². The molecule has 0 aliphatic heterocycles. The van der Waals surface area contributed by atoms with Crippen LogP contribution in [0.3, 0.4) is 0 Å². The maximum atomic E-state index is 11.2. The molecule has 0 fully saturated rings. The molecule has 0 radical (unpaired) electrons. The molecule has 0 bridgehead atoms. The molecule has 1 aromatic heterocycles. The maximum Gasteiger partial charge on any atom is 0.188 e. The van der Waals surface area contributed by atoms with Gasteiger partial charge in [0.15, 0.2) is 5.78 Å². The van der Waals surface area contributed by atoms with E-state index in [-0.39, 0.29) is 12.2 Å². The lowest BCUT2D eigenvalue weighted by Crippen LogP contribution is -2.02. The van der Waals surface area contributed by atoms with Crippen molar-refractivity contribution in [2.45, 2.75) is 19.8 Å². The Bertz CT molecular complexity index is 303. The van der Waals surface area contributed by atoms with Gasteiger partial charge in [0.05, 0.1) is 6.42 Å². The summed E-state index contributed by atoms with van der Waals surface area (Å²) in [5.41, 5.74) is 1.45. The topological polar surface area (TPSA) is 47.0 Å². The number of aromatic nitrogens is 1. The second-order valence-corrected chi connectivity index (χ2v) is 2.70. The van der Waals surface area contributed by atoms with Gasteiger partial charge in [-0.05, 0) is 18.1 Å². The van der Waals surface area contributed by atoms with Crippen molar-refractivity contribution in [1.82, 2.24) is 4.98 Å². The van der Waals surface area contributed by atoms with Gasteiger partial charge in [0.2, 0.25) is 0 Å². The Morgan fingerprint density at radius 3 is 2.77 bits per heavy atom. The van der Waals surface area contributed by atoms with E-state index in [2.05, 4.69) is 4.98 Å². The van der Waals surface area contributed by atoms with E-state index in [9.17, 15) is 9.59 Å². The molecule has 3 heteroatoms. The number of nitrogens with zero attached hydrogens (tertiary/aromatic N) is 1. The van der Waals surface area contributed by atoms with E-state index in [4.69, 9.17) is 0 Å². The van der Waals surface area contributed by atoms with Crippen LogP contribution in [0.15, 0.2) is 18.3 Å². The van der Waals surface area contributed by atoms with Crippen LogP contribution in [0.25, 0.3) is 0 Å². The summed E-state index contributed by atoms with van der Waals surface area (Å²) in [4.78, 5) is 25.2. The van der Waals surface area contributed by atoms with Crippen molar-refractivity contribution in [1.29, 1.82) is 0 Å². The monoisotopic (exact) mass is 177 g/mol. The van der Waals surface area contributed by atoms with E-state index in [1.165, 1.54) is 0 Å². The quantitative estimate of drug-likeness (QED) is 0.397. The lowest BCUT2D eigenvalue weighted by molar-refractivity contribution is -0.107. The highest BCUT2D eigenvalue weighted by Gasteiger charge is 2.05. The molecule has 0 amide bonds. The molecule has 3 nitrogen and oxygen atoms in total. The molecule has 0 atom stereocenters. The molecule has 0 spiro atoms. The van der Waals surface area contributed by atoms with Crippen LogP contribution in [0, 0.1) is 0 Å². The highest BCUT2D eigenvalue weighted by atomic mass is 16.1. The first-order valence-electron chi connectivity index (χ1n) is 4.19. The third-order valence-corrected chi connectivity index (χ3v) is 1.79. The van der Waals surface area contributed by atoms with Crippen molar-refractivity contribution in [2.75, 3.05) is 0 Å². The summed E-state index contributed by atoms with van der Waals surface area (Å²) in [6, 6.07) is 3.51. The largest absolute Gasteiger partial charge is 0.303 e. The average molecular weight is 177 g/mol. The molecule has 0 unspecified atom stereocenters. The summed E-state index contributed by atoms with van der Waals surface area (Å²) < 4.78 is 0. The van der Waals surface area contributed by atoms with Crippen molar-refractivity contribution in [2.24, 2.45) is 0 Å². The minimum Gasteiger partial charge on any atom is -0.303 e. The number of rotatable bonds is 4. The molecule has 1 aromatic rings. The Morgan fingerprint density at radius 1 is 1.54 bits per heavy atom. The fourth-order valence-corrected chi connectivity index (χ4v) is 0.979. The predicted molar refractivity (Wildman–Crippen MR) is 48.6 cm³/mol. The van der Waals surface area contributed by atoms with Crippen LogP contribution in [-0.4, -0.2) is 17.1 Å². The van der Waals surface area contributed by atoms with Gasteiger partial charge in [-0.2, -0.15) is 0 Å². The summed E-state index contributed by atoms with van der Waals surface area (Å²) in [6.45, 7) is 2.02. The van der Waals surface area contributed by atoms with Gasteiger partial charge in [0, 0.05) is 6.20 Å². The predicted octanol–water partition coefficient (Wildman–Crippen LogP) is 1.42. The Hall–Kier alpha value is -1.51. The van der Waals surface area contributed by atoms with Crippen LogP contribution in [-0.2, 0) is 11.2 Å². The van der Waals surface area contributed by atoms with Crippen molar-refractivity contribution < 1.29 is 9.59 Å². The Labute approximate surface area is 76.8 Å². The fourth-order valence-electron chi connectivity index (χ4n) is 0.979. The maximum absolute atomic E-state index is 11.2. The smallest absolute Gasteiger partial charge is 0.188 e. The molecule has 0 saturated carbocycles. The molecular weight excluding hydrogens is 166 g/mol. The molecule has 0 aliphatic rings. The van der Waals surface area contributed by atoms with Crippen molar-refractivity contribution >= 4 is 12.1 Å². The zero-order valence-corrected chi connectivity index (χ0v) is 7.49. The summed E-state index contributed by atoms with van der Waals surface area (Å²) in [7, 11) is 0. The number of carbonyl (C=O) groups is 2. The second kappa shape index (κ2) is 4.50. The van der Waals surface area contributed by atoms with E-state index in [1.54, 1.807) is 12.3 Å². The molecule has 0 saturated heterocycles. The molecule has 0 aliphatic carbocycles. The van der Waals surface area contributed by atoms with Gasteiger partial charge in [0.25, 0.3) is 0 Å². The Morgan fingerprint density at radius 2 is 2.31 bits per heavy atom. The number of aldehydes is 1. The van der Waals surface area contributed by atoms with E-state index >= 15 is 0 Å². The van der Waals surface area contributed by atoms with Gasteiger partial charge < -0.3 is 4.79 Å². The number of ketones is 1. The lowest BCUT2D eigenvalue weighted by atomic mass is 10.1. The van der Waals surface area contributed by atoms with Crippen LogP contribution in [0.4, 0.5) is 0 Å². The molecular formula is C10H11NO2. The number of carbonyl (C=O) groups excluding carboxylic acids is 2. The minimum atomic E-state index is -0.224. The van der Waals surface area contributed by atoms with Gasteiger partial charge in [-0.3, -0.25) is 9.78 Å². The van der Waals surface area contributed by atoms with Crippen molar-refractivity contribution in [3.8, 4) is 0 Å². The number of hydrogen-bond donors (Lipinski definition) is 0. The van der Waals surface area contributed by atoms with Crippen LogP contribution in [0.1, 0.15) is 29.4 Å². The molecule has 1 heterocycles.